The lowest BCUT2D eigenvalue weighted by Gasteiger charge is -2.03. The number of hydrogen-bond donors (Lipinski definition) is 0. The molecule has 0 radical (unpaired) electrons. The molecule has 0 aromatic heterocycles. The Hall–Kier alpha value is -3.56. The first-order chi connectivity index (χ1) is 13.5. The van der Waals surface area contributed by atoms with Crippen LogP contribution >= 0.6 is 0 Å². The Kier molecular flexibility index (Phi) is 5.78. The van der Waals surface area contributed by atoms with Crippen LogP contribution in [-0.4, -0.2) is 7.11 Å². The van der Waals surface area contributed by atoms with Crippen LogP contribution < -0.4 is 4.74 Å². The molecule has 0 unspecified atom stereocenters. The number of halogens is 2. The summed E-state index contributed by atoms with van der Waals surface area (Å²) < 4.78 is 33.0. The fraction of sp³-hybridized carbons (Fsp3) is 0.120. The Labute approximate surface area is 164 Å². The van der Waals surface area contributed by atoms with E-state index in [4.69, 9.17) is 4.74 Å². The normalized spacial score (nSPS) is 9.75. The summed E-state index contributed by atoms with van der Waals surface area (Å²) in [5, 5.41) is 0. The van der Waals surface area contributed by atoms with E-state index < -0.39 is 11.6 Å². The summed E-state index contributed by atoms with van der Waals surface area (Å²) in [6.07, 6.45) is 0. The number of aryl methyl sites for hydroxylation is 2. The molecule has 3 aromatic carbocycles. The largest absolute Gasteiger partial charge is 0.496 e. The maximum atomic E-state index is 13.8. The Morgan fingerprint density at radius 2 is 1.18 bits per heavy atom. The molecule has 3 rings (SSSR count). The predicted molar refractivity (Wildman–Crippen MR) is 107 cm³/mol. The third-order valence-corrected chi connectivity index (χ3v) is 4.16. The molecule has 0 aliphatic rings. The van der Waals surface area contributed by atoms with Crippen molar-refractivity contribution in [2.75, 3.05) is 7.11 Å². The molecule has 0 saturated heterocycles. The molecule has 0 N–H and O–H groups in total. The Bertz CT molecular complexity index is 1110. The Balaban J connectivity index is 1.79. The van der Waals surface area contributed by atoms with E-state index >= 15 is 0 Å². The van der Waals surface area contributed by atoms with E-state index in [1.807, 2.05) is 37.3 Å². The minimum Gasteiger partial charge on any atom is -0.496 e. The molecule has 0 bridgehead atoms. The third-order valence-electron chi connectivity index (χ3n) is 4.16. The van der Waals surface area contributed by atoms with Gasteiger partial charge in [0.2, 0.25) is 0 Å². The van der Waals surface area contributed by atoms with Crippen molar-refractivity contribution in [2.45, 2.75) is 13.8 Å². The molecular formula is C25H18F2O. The van der Waals surface area contributed by atoms with Crippen molar-refractivity contribution in [1.29, 1.82) is 0 Å². The lowest BCUT2D eigenvalue weighted by molar-refractivity contribution is 0.411. The highest BCUT2D eigenvalue weighted by atomic mass is 19.1. The molecule has 0 amide bonds. The van der Waals surface area contributed by atoms with E-state index in [0.29, 0.717) is 11.1 Å². The van der Waals surface area contributed by atoms with Gasteiger partial charge in [0.05, 0.1) is 12.7 Å². The molecule has 3 heteroatoms. The molecule has 0 aliphatic carbocycles. The standard InChI is InChI=1S/C25H18F2O/c1-17-14-23(26)22(24(27)15-17)13-12-20-8-6-19(7-9-20)10-11-21-5-4-18(2)25(16-21)28-3/h4-9,14-16H,1-3H3. The van der Waals surface area contributed by atoms with Gasteiger partial charge in [-0.15, -0.1) is 0 Å². The molecule has 0 atom stereocenters. The Morgan fingerprint density at radius 1 is 0.679 bits per heavy atom. The van der Waals surface area contributed by atoms with Crippen molar-refractivity contribution >= 4 is 0 Å². The fourth-order valence-electron chi connectivity index (χ4n) is 2.63. The summed E-state index contributed by atoms with van der Waals surface area (Å²) in [5.41, 5.74) is 3.69. The van der Waals surface area contributed by atoms with E-state index in [2.05, 4.69) is 23.7 Å². The van der Waals surface area contributed by atoms with Gasteiger partial charge in [0, 0.05) is 16.7 Å². The zero-order valence-electron chi connectivity index (χ0n) is 15.9. The van der Waals surface area contributed by atoms with E-state index in [1.165, 1.54) is 12.1 Å². The zero-order chi connectivity index (χ0) is 20.1. The zero-order valence-corrected chi connectivity index (χ0v) is 15.9. The average Bonchev–Trinajstić information content (AvgIpc) is 2.67. The van der Waals surface area contributed by atoms with Gasteiger partial charge in [0.25, 0.3) is 0 Å². The van der Waals surface area contributed by atoms with Crippen LogP contribution in [0.15, 0.2) is 54.6 Å². The second-order valence-electron chi connectivity index (χ2n) is 6.37. The third kappa shape index (κ3) is 4.58. The van der Waals surface area contributed by atoms with Crippen LogP contribution in [0, 0.1) is 49.2 Å². The number of ether oxygens (including phenoxy) is 1. The van der Waals surface area contributed by atoms with Gasteiger partial charge in [0.15, 0.2) is 0 Å². The summed E-state index contributed by atoms with van der Waals surface area (Å²) in [6.45, 7) is 3.61. The summed E-state index contributed by atoms with van der Waals surface area (Å²) in [7, 11) is 1.63. The number of methoxy groups -OCH3 is 1. The molecule has 1 nitrogen and oxygen atoms in total. The van der Waals surface area contributed by atoms with Crippen molar-refractivity contribution in [1.82, 2.24) is 0 Å². The highest BCUT2D eigenvalue weighted by molar-refractivity contribution is 5.50. The monoisotopic (exact) mass is 372 g/mol. The molecular weight excluding hydrogens is 354 g/mol. The number of rotatable bonds is 1. The SMILES string of the molecule is COc1cc(C#Cc2ccc(C#Cc3c(F)cc(C)cc3F)cc2)ccc1C. The van der Waals surface area contributed by atoms with Crippen LogP contribution in [0.1, 0.15) is 33.4 Å². The first kappa shape index (κ1) is 19.2. The van der Waals surface area contributed by atoms with Crippen LogP contribution in [0.5, 0.6) is 5.75 Å². The highest BCUT2D eigenvalue weighted by Crippen LogP contribution is 2.18. The van der Waals surface area contributed by atoms with Crippen LogP contribution in [0.25, 0.3) is 0 Å². The predicted octanol–water partition coefficient (Wildman–Crippen LogP) is 5.39. The second-order valence-corrected chi connectivity index (χ2v) is 6.37. The lowest BCUT2D eigenvalue weighted by atomic mass is 10.1. The molecule has 0 spiro atoms. The van der Waals surface area contributed by atoms with Gasteiger partial charge >= 0.3 is 0 Å². The van der Waals surface area contributed by atoms with Crippen LogP contribution in [-0.2, 0) is 0 Å². The minimum atomic E-state index is -0.652. The first-order valence-corrected chi connectivity index (χ1v) is 8.70. The van der Waals surface area contributed by atoms with E-state index in [0.717, 1.165) is 22.4 Å². The number of benzene rings is 3. The van der Waals surface area contributed by atoms with Crippen LogP contribution in [0.3, 0.4) is 0 Å². The van der Waals surface area contributed by atoms with Crippen molar-refractivity contribution in [3.63, 3.8) is 0 Å². The first-order valence-electron chi connectivity index (χ1n) is 8.70. The molecule has 28 heavy (non-hydrogen) atoms. The average molecular weight is 372 g/mol. The molecule has 138 valence electrons. The summed E-state index contributed by atoms with van der Waals surface area (Å²) in [6, 6.07) is 15.5. The van der Waals surface area contributed by atoms with Gasteiger partial charge < -0.3 is 4.74 Å². The summed E-state index contributed by atoms with van der Waals surface area (Å²) >= 11 is 0. The molecule has 0 fully saturated rings. The molecule has 0 aliphatic heterocycles. The van der Waals surface area contributed by atoms with Crippen molar-refractivity contribution in [2.24, 2.45) is 0 Å². The van der Waals surface area contributed by atoms with Gasteiger partial charge in [-0.1, -0.05) is 29.7 Å². The molecule has 0 heterocycles. The van der Waals surface area contributed by atoms with Gasteiger partial charge in [-0.3, -0.25) is 0 Å². The van der Waals surface area contributed by atoms with Crippen molar-refractivity contribution in [3.05, 3.63) is 99.6 Å². The van der Waals surface area contributed by atoms with E-state index in [-0.39, 0.29) is 5.56 Å². The molecule has 0 saturated carbocycles. The minimum absolute atomic E-state index is 0.220. The maximum Gasteiger partial charge on any atom is 0.142 e. The molecule has 3 aromatic rings. The Morgan fingerprint density at radius 3 is 1.75 bits per heavy atom. The van der Waals surface area contributed by atoms with Gasteiger partial charge in [-0.25, -0.2) is 8.78 Å². The maximum absolute atomic E-state index is 13.8. The highest BCUT2D eigenvalue weighted by Gasteiger charge is 2.07. The van der Waals surface area contributed by atoms with Gasteiger partial charge in [0.1, 0.15) is 17.4 Å². The van der Waals surface area contributed by atoms with Crippen molar-refractivity contribution < 1.29 is 13.5 Å². The van der Waals surface area contributed by atoms with Gasteiger partial charge in [-0.2, -0.15) is 0 Å². The van der Waals surface area contributed by atoms with E-state index in [9.17, 15) is 8.78 Å². The van der Waals surface area contributed by atoms with E-state index in [1.54, 1.807) is 26.2 Å². The lowest BCUT2D eigenvalue weighted by Crippen LogP contribution is -1.91. The van der Waals surface area contributed by atoms with Gasteiger partial charge in [-0.05, 0) is 73.5 Å². The van der Waals surface area contributed by atoms with Crippen LogP contribution in [0.2, 0.25) is 0 Å². The summed E-state index contributed by atoms with van der Waals surface area (Å²) in [4.78, 5) is 0. The number of hydrogen-bond acceptors (Lipinski definition) is 1. The second kappa shape index (κ2) is 8.42. The topological polar surface area (TPSA) is 9.23 Å². The van der Waals surface area contributed by atoms with Crippen LogP contribution in [0.4, 0.5) is 8.78 Å². The quantitative estimate of drug-likeness (QED) is 0.521. The fourth-order valence-corrected chi connectivity index (χ4v) is 2.63. The smallest absolute Gasteiger partial charge is 0.142 e. The summed E-state index contributed by atoms with van der Waals surface area (Å²) in [5.74, 6) is 11.0. The van der Waals surface area contributed by atoms with Crippen molar-refractivity contribution in [3.8, 4) is 29.4 Å².